The van der Waals surface area contributed by atoms with Crippen LogP contribution in [0.2, 0.25) is 0 Å². The Balaban J connectivity index is 1.94. The molecular formula is C14H20FN3O. The first kappa shape index (κ1) is 13.8. The summed E-state index contributed by atoms with van der Waals surface area (Å²) >= 11 is 0. The minimum absolute atomic E-state index is 0.191. The lowest BCUT2D eigenvalue weighted by molar-refractivity contribution is 0.244. The third-order valence-corrected chi connectivity index (χ3v) is 3.48. The maximum atomic E-state index is 13.1. The maximum absolute atomic E-state index is 13.1. The van der Waals surface area contributed by atoms with Crippen LogP contribution in [0.5, 0.6) is 0 Å². The Morgan fingerprint density at radius 1 is 1.32 bits per heavy atom. The highest BCUT2D eigenvalue weighted by molar-refractivity contribution is 5.90. The standard InChI is InChI=1S/C14H20FN3O/c15-11-6-7-13(10(8-11)9-16)18-14(19)17-12-4-2-1-3-5-12/h6-8,12H,1-5,9,16H2,(H2,17,18,19). The first-order chi connectivity index (χ1) is 9.19. The number of anilines is 1. The summed E-state index contributed by atoms with van der Waals surface area (Å²) in [4.78, 5) is 11.9. The van der Waals surface area contributed by atoms with Gasteiger partial charge in [-0.05, 0) is 36.6 Å². The lowest BCUT2D eigenvalue weighted by atomic mass is 9.96. The van der Waals surface area contributed by atoms with Gasteiger partial charge in [-0.3, -0.25) is 0 Å². The third-order valence-electron chi connectivity index (χ3n) is 3.48. The van der Waals surface area contributed by atoms with Gasteiger partial charge in [0.1, 0.15) is 5.82 Å². The molecular weight excluding hydrogens is 245 g/mol. The summed E-state index contributed by atoms with van der Waals surface area (Å²) < 4.78 is 13.1. The van der Waals surface area contributed by atoms with Crippen LogP contribution in [-0.4, -0.2) is 12.1 Å². The van der Waals surface area contributed by atoms with E-state index in [1.54, 1.807) is 0 Å². The molecule has 0 spiro atoms. The van der Waals surface area contributed by atoms with Crippen LogP contribution in [0.3, 0.4) is 0 Å². The molecule has 2 amide bonds. The molecule has 2 rings (SSSR count). The molecule has 1 aliphatic carbocycles. The molecule has 5 heteroatoms. The first-order valence-corrected chi connectivity index (χ1v) is 6.75. The summed E-state index contributed by atoms with van der Waals surface area (Å²) in [5.74, 6) is -0.348. The number of benzene rings is 1. The Labute approximate surface area is 112 Å². The second-order valence-corrected chi connectivity index (χ2v) is 4.94. The van der Waals surface area contributed by atoms with Crippen molar-refractivity contribution < 1.29 is 9.18 Å². The summed E-state index contributed by atoms with van der Waals surface area (Å²) in [6, 6.07) is 4.20. The minimum atomic E-state index is -0.348. The van der Waals surface area contributed by atoms with E-state index in [1.807, 2.05) is 0 Å². The van der Waals surface area contributed by atoms with Crippen molar-refractivity contribution in [1.29, 1.82) is 0 Å². The van der Waals surface area contributed by atoms with Crippen LogP contribution in [0.15, 0.2) is 18.2 Å². The lowest BCUT2D eigenvalue weighted by Gasteiger charge is -2.23. The van der Waals surface area contributed by atoms with Gasteiger partial charge in [0.2, 0.25) is 0 Å². The fourth-order valence-electron chi connectivity index (χ4n) is 2.44. The summed E-state index contributed by atoms with van der Waals surface area (Å²) in [6.07, 6.45) is 5.63. The molecule has 0 atom stereocenters. The average Bonchev–Trinajstić information content (AvgIpc) is 2.42. The van der Waals surface area contributed by atoms with Crippen LogP contribution >= 0.6 is 0 Å². The molecule has 104 valence electrons. The SMILES string of the molecule is NCc1cc(F)ccc1NC(=O)NC1CCCCC1. The van der Waals surface area contributed by atoms with Gasteiger partial charge in [0.05, 0.1) is 0 Å². The topological polar surface area (TPSA) is 67.1 Å². The predicted molar refractivity (Wildman–Crippen MR) is 73.3 cm³/mol. The molecule has 0 aromatic heterocycles. The average molecular weight is 265 g/mol. The Morgan fingerprint density at radius 2 is 2.05 bits per heavy atom. The molecule has 0 bridgehead atoms. The van der Waals surface area contributed by atoms with Crippen LogP contribution in [0.1, 0.15) is 37.7 Å². The predicted octanol–water partition coefficient (Wildman–Crippen LogP) is 2.74. The number of hydrogen-bond acceptors (Lipinski definition) is 2. The van der Waals surface area contributed by atoms with Crippen molar-refractivity contribution in [3.63, 3.8) is 0 Å². The highest BCUT2D eigenvalue weighted by atomic mass is 19.1. The summed E-state index contributed by atoms with van der Waals surface area (Å²) in [5, 5.41) is 5.69. The van der Waals surface area contributed by atoms with Crippen molar-refractivity contribution in [3.05, 3.63) is 29.6 Å². The second kappa shape index (κ2) is 6.52. The maximum Gasteiger partial charge on any atom is 0.319 e. The van der Waals surface area contributed by atoms with E-state index in [-0.39, 0.29) is 24.4 Å². The van der Waals surface area contributed by atoms with E-state index in [4.69, 9.17) is 5.73 Å². The fourth-order valence-corrected chi connectivity index (χ4v) is 2.44. The van der Waals surface area contributed by atoms with Gasteiger partial charge in [-0.15, -0.1) is 0 Å². The lowest BCUT2D eigenvalue weighted by Crippen LogP contribution is -2.39. The Kier molecular flexibility index (Phi) is 4.74. The summed E-state index contributed by atoms with van der Waals surface area (Å²) in [5.41, 5.74) is 6.70. The molecule has 4 N–H and O–H groups in total. The van der Waals surface area contributed by atoms with E-state index in [0.29, 0.717) is 11.3 Å². The zero-order valence-electron chi connectivity index (χ0n) is 10.9. The quantitative estimate of drug-likeness (QED) is 0.786. The van der Waals surface area contributed by atoms with Crippen LogP contribution in [0.4, 0.5) is 14.9 Å². The largest absolute Gasteiger partial charge is 0.335 e. The van der Waals surface area contributed by atoms with Crippen molar-refractivity contribution in [2.24, 2.45) is 5.73 Å². The van der Waals surface area contributed by atoms with E-state index in [9.17, 15) is 9.18 Å². The summed E-state index contributed by atoms with van der Waals surface area (Å²) in [6.45, 7) is 0.191. The molecule has 1 aromatic rings. The molecule has 19 heavy (non-hydrogen) atoms. The number of nitrogens with two attached hydrogens (primary N) is 1. The van der Waals surface area contributed by atoms with Gasteiger partial charge in [-0.2, -0.15) is 0 Å². The highest BCUT2D eigenvalue weighted by Gasteiger charge is 2.16. The molecule has 1 aliphatic rings. The Hall–Kier alpha value is -1.62. The van der Waals surface area contributed by atoms with Crippen LogP contribution in [0.25, 0.3) is 0 Å². The molecule has 1 saturated carbocycles. The molecule has 1 fully saturated rings. The van der Waals surface area contributed by atoms with Crippen LogP contribution in [-0.2, 0) is 6.54 Å². The number of hydrogen-bond donors (Lipinski definition) is 3. The molecule has 0 radical (unpaired) electrons. The van der Waals surface area contributed by atoms with E-state index < -0.39 is 0 Å². The molecule has 4 nitrogen and oxygen atoms in total. The third kappa shape index (κ3) is 3.92. The molecule has 0 saturated heterocycles. The first-order valence-electron chi connectivity index (χ1n) is 6.75. The van der Waals surface area contributed by atoms with Crippen molar-refractivity contribution in [1.82, 2.24) is 5.32 Å². The fraction of sp³-hybridized carbons (Fsp3) is 0.500. The number of carbonyl (C=O) groups excluding carboxylic acids is 1. The van der Waals surface area contributed by atoms with E-state index in [1.165, 1.54) is 24.6 Å². The number of halogens is 1. The van der Waals surface area contributed by atoms with Crippen LogP contribution < -0.4 is 16.4 Å². The molecule has 0 aliphatic heterocycles. The monoisotopic (exact) mass is 265 g/mol. The highest BCUT2D eigenvalue weighted by Crippen LogP contribution is 2.19. The van der Waals surface area contributed by atoms with Crippen molar-refractivity contribution >= 4 is 11.7 Å². The molecule has 0 heterocycles. The Bertz CT molecular complexity index is 444. The smallest absolute Gasteiger partial charge is 0.319 e. The van der Waals surface area contributed by atoms with Crippen molar-refractivity contribution in [2.75, 3.05) is 5.32 Å². The van der Waals surface area contributed by atoms with Gasteiger partial charge < -0.3 is 16.4 Å². The van der Waals surface area contributed by atoms with Gasteiger partial charge >= 0.3 is 6.03 Å². The number of rotatable bonds is 3. The van der Waals surface area contributed by atoms with E-state index in [0.717, 1.165) is 25.7 Å². The Morgan fingerprint density at radius 3 is 2.74 bits per heavy atom. The van der Waals surface area contributed by atoms with Gasteiger partial charge in [0.25, 0.3) is 0 Å². The number of carbonyl (C=O) groups is 1. The van der Waals surface area contributed by atoms with E-state index >= 15 is 0 Å². The zero-order chi connectivity index (χ0) is 13.7. The number of amides is 2. The molecule has 1 aromatic carbocycles. The van der Waals surface area contributed by atoms with Crippen molar-refractivity contribution in [2.45, 2.75) is 44.7 Å². The zero-order valence-corrected chi connectivity index (χ0v) is 10.9. The van der Waals surface area contributed by atoms with Gasteiger partial charge in [0.15, 0.2) is 0 Å². The van der Waals surface area contributed by atoms with Gasteiger partial charge in [-0.25, -0.2) is 9.18 Å². The normalized spacial score (nSPS) is 16.1. The van der Waals surface area contributed by atoms with Gasteiger partial charge in [-0.1, -0.05) is 19.3 Å². The van der Waals surface area contributed by atoms with Crippen molar-refractivity contribution in [3.8, 4) is 0 Å². The minimum Gasteiger partial charge on any atom is -0.335 e. The molecule has 0 unspecified atom stereocenters. The second-order valence-electron chi connectivity index (χ2n) is 4.94. The number of urea groups is 1. The van der Waals surface area contributed by atoms with E-state index in [2.05, 4.69) is 10.6 Å². The van der Waals surface area contributed by atoms with Crippen LogP contribution in [0, 0.1) is 5.82 Å². The number of nitrogens with one attached hydrogen (secondary N) is 2. The van der Waals surface area contributed by atoms with Gasteiger partial charge in [0, 0.05) is 18.3 Å². The summed E-state index contributed by atoms with van der Waals surface area (Å²) in [7, 11) is 0.